The fourth-order valence-corrected chi connectivity index (χ4v) is 1.32. The normalized spacial score (nSPS) is 14.2. The van der Waals surface area contributed by atoms with E-state index in [1.807, 2.05) is 31.2 Å². The van der Waals surface area contributed by atoms with E-state index in [4.69, 9.17) is 4.74 Å². The van der Waals surface area contributed by atoms with Gasteiger partial charge in [0.05, 0.1) is 13.2 Å². The molecule has 1 heterocycles. The zero-order valence-corrected chi connectivity index (χ0v) is 9.08. The molecular formula is C10H15N5O. The van der Waals surface area contributed by atoms with Crippen LogP contribution in [-0.4, -0.2) is 12.6 Å². The van der Waals surface area contributed by atoms with E-state index in [0.717, 1.165) is 11.3 Å². The molecule has 6 nitrogen and oxygen atoms in total. The van der Waals surface area contributed by atoms with Crippen LogP contribution in [0.5, 0.6) is 5.75 Å². The summed E-state index contributed by atoms with van der Waals surface area (Å²) in [7, 11) is 0. The van der Waals surface area contributed by atoms with Gasteiger partial charge in [0.15, 0.2) is 0 Å². The average Bonchev–Trinajstić information content (AvgIpc) is 2.82. The largest absolute Gasteiger partial charge is 0.494 e. The van der Waals surface area contributed by atoms with Gasteiger partial charge in [0, 0.05) is 0 Å². The molecule has 0 aromatic heterocycles. The number of hydrazine groups is 3. The topological polar surface area (TPSA) is 69.7 Å². The summed E-state index contributed by atoms with van der Waals surface area (Å²) in [6.07, 6.45) is 0. The van der Waals surface area contributed by atoms with Crippen LogP contribution in [0.4, 0.5) is 0 Å². The lowest BCUT2D eigenvalue weighted by molar-refractivity contribution is 0.340. The Morgan fingerprint density at radius 1 is 1.12 bits per heavy atom. The van der Waals surface area contributed by atoms with Crippen molar-refractivity contribution < 1.29 is 4.74 Å². The highest BCUT2D eigenvalue weighted by Gasteiger charge is 2.02. The molecule has 1 aliphatic rings. The Labute approximate surface area is 94.0 Å². The molecule has 0 atom stereocenters. The Kier molecular flexibility index (Phi) is 3.58. The van der Waals surface area contributed by atoms with E-state index < -0.39 is 0 Å². The third-order valence-electron chi connectivity index (χ3n) is 2.08. The van der Waals surface area contributed by atoms with E-state index in [9.17, 15) is 0 Å². The second kappa shape index (κ2) is 5.34. The Bertz CT molecular complexity index is 354. The van der Waals surface area contributed by atoms with Crippen LogP contribution in [-0.2, 0) is 6.54 Å². The van der Waals surface area contributed by atoms with Crippen molar-refractivity contribution in [3.05, 3.63) is 29.8 Å². The van der Waals surface area contributed by atoms with Crippen LogP contribution in [0, 0.1) is 0 Å². The molecule has 16 heavy (non-hydrogen) atoms. The van der Waals surface area contributed by atoms with Crippen molar-refractivity contribution in [3.63, 3.8) is 0 Å². The Morgan fingerprint density at radius 3 is 2.44 bits per heavy atom. The average molecular weight is 221 g/mol. The van der Waals surface area contributed by atoms with Crippen LogP contribution in [0.2, 0.25) is 0 Å². The van der Waals surface area contributed by atoms with Crippen molar-refractivity contribution in [3.8, 4) is 5.75 Å². The molecule has 1 fully saturated rings. The molecule has 0 bridgehead atoms. The highest BCUT2D eigenvalue weighted by Crippen LogP contribution is 2.12. The van der Waals surface area contributed by atoms with Gasteiger partial charge in [0.25, 0.3) is 0 Å². The summed E-state index contributed by atoms with van der Waals surface area (Å²) in [6.45, 7) is 3.27. The molecular weight excluding hydrogens is 206 g/mol. The van der Waals surface area contributed by atoms with Gasteiger partial charge in [0.1, 0.15) is 5.75 Å². The Morgan fingerprint density at radius 2 is 1.81 bits per heavy atom. The SMILES string of the molecule is CCOc1ccc(CN=C2NNNN2)cc1. The fraction of sp³-hybridized carbons (Fsp3) is 0.300. The standard InChI is InChI=1S/C10H15N5O/c1-2-16-9-5-3-8(4-6-9)7-11-10-12-14-15-13-10/h3-6,14-15H,2,7H2,1H3,(H2,11,12,13). The van der Waals surface area contributed by atoms with E-state index in [1.165, 1.54) is 0 Å². The molecule has 0 radical (unpaired) electrons. The lowest BCUT2D eigenvalue weighted by atomic mass is 10.2. The molecule has 1 saturated heterocycles. The summed E-state index contributed by atoms with van der Waals surface area (Å²) in [5.41, 5.74) is 12.1. The van der Waals surface area contributed by atoms with Crippen LogP contribution in [0.25, 0.3) is 0 Å². The van der Waals surface area contributed by atoms with Crippen LogP contribution >= 0.6 is 0 Å². The lowest BCUT2D eigenvalue weighted by Crippen LogP contribution is -2.33. The van der Waals surface area contributed by atoms with Gasteiger partial charge in [-0.2, -0.15) is 11.1 Å². The van der Waals surface area contributed by atoms with Crippen molar-refractivity contribution in [2.24, 2.45) is 4.99 Å². The molecule has 1 aromatic rings. The van der Waals surface area contributed by atoms with E-state index in [1.54, 1.807) is 0 Å². The summed E-state index contributed by atoms with van der Waals surface area (Å²) in [6, 6.07) is 7.91. The summed E-state index contributed by atoms with van der Waals surface area (Å²) in [5.74, 6) is 1.56. The first-order valence-corrected chi connectivity index (χ1v) is 5.16. The fourth-order valence-electron chi connectivity index (χ4n) is 1.32. The van der Waals surface area contributed by atoms with Gasteiger partial charge in [-0.15, -0.1) is 0 Å². The number of benzene rings is 1. The minimum absolute atomic E-state index is 0.616. The van der Waals surface area contributed by atoms with Gasteiger partial charge in [-0.3, -0.25) is 10.9 Å². The smallest absolute Gasteiger partial charge is 0.223 e. The van der Waals surface area contributed by atoms with Gasteiger partial charge in [-0.25, -0.2) is 4.99 Å². The number of rotatable bonds is 4. The maximum Gasteiger partial charge on any atom is 0.223 e. The van der Waals surface area contributed by atoms with E-state index in [0.29, 0.717) is 19.1 Å². The van der Waals surface area contributed by atoms with Crippen molar-refractivity contribution in [1.82, 2.24) is 21.9 Å². The predicted molar refractivity (Wildman–Crippen MR) is 61.3 cm³/mol. The minimum Gasteiger partial charge on any atom is -0.494 e. The number of hydrogen-bond donors (Lipinski definition) is 4. The zero-order chi connectivity index (χ0) is 11.2. The molecule has 2 rings (SSSR count). The molecule has 86 valence electrons. The molecule has 0 amide bonds. The second-order valence-corrected chi connectivity index (χ2v) is 3.24. The summed E-state index contributed by atoms with van der Waals surface area (Å²) < 4.78 is 5.36. The second-order valence-electron chi connectivity index (χ2n) is 3.24. The van der Waals surface area contributed by atoms with Crippen molar-refractivity contribution in [1.29, 1.82) is 0 Å². The number of hydrogen-bond acceptors (Lipinski definition) is 4. The van der Waals surface area contributed by atoms with E-state index >= 15 is 0 Å². The highest BCUT2D eigenvalue weighted by atomic mass is 16.5. The van der Waals surface area contributed by atoms with Gasteiger partial charge < -0.3 is 4.74 Å². The third-order valence-corrected chi connectivity index (χ3v) is 2.08. The number of nitrogens with one attached hydrogen (secondary N) is 4. The molecule has 0 unspecified atom stereocenters. The van der Waals surface area contributed by atoms with Gasteiger partial charge in [-0.1, -0.05) is 12.1 Å². The zero-order valence-electron chi connectivity index (χ0n) is 9.08. The lowest BCUT2D eigenvalue weighted by Gasteiger charge is -2.03. The summed E-state index contributed by atoms with van der Waals surface area (Å²) >= 11 is 0. The van der Waals surface area contributed by atoms with Crippen LogP contribution < -0.4 is 26.7 Å². The van der Waals surface area contributed by atoms with Gasteiger partial charge >= 0.3 is 0 Å². The molecule has 0 saturated carbocycles. The molecule has 1 aliphatic heterocycles. The van der Waals surface area contributed by atoms with Crippen LogP contribution in [0.3, 0.4) is 0 Å². The number of ether oxygens (including phenoxy) is 1. The number of nitrogens with zero attached hydrogens (tertiary/aromatic N) is 1. The highest BCUT2D eigenvalue weighted by molar-refractivity contribution is 5.79. The summed E-state index contributed by atoms with van der Waals surface area (Å²) in [5, 5.41) is 0. The Hall–Kier alpha value is -1.79. The van der Waals surface area contributed by atoms with E-state index in [2.05, 4.69) is 26.9 Å². The predicted octanol–water partition coefficient (Wildman–Crippen LogP) is 0.0583. The minimum atomic E-state index is 0.616. The first kappa shape index (κ1) is 10.7. The van der Waals surface area contributed by atoms with Gasteiger partial charge in [-0.05, 0) is 24.6 Å². The van der Waals surface area contributed by atoms with Gasteiger partial charge in [0.2, 0.25) is 5.96 Å². The first-order chi connectivity index (χ1) is 7.88. The molecule has 1 aromatic carbocycles. The van der Waals surface area contributed by atoms with Crippen LogP contribution in [0.15, 0.2) is 29.3 Å². The molecule has 4 N–H and O–H groups in total. The third kappa shape index (κ3) is 2.85. The molecule has 0 spiro atoms. The molecule has 6 heteroatoms. The Balaban J connectivity index is 1.91. The first-order valence-electron chi connectivity index (χ1n) is 5.16. The monoisotopic (exact) mass is 221 g/mol. The van der Waals surface area contributed by atoms with E-state index in [-0.39, 0.29) is 0 Å². The van der Waals surface area contributed by atoms with Crippen molar-refractivity contribution >= 4 is 5.96 Å². The molecule has 0 aliphatic carbocycles. The van der Waals surface area contributed by atoms with Crippen molar-refractivity contribution in [2.75, 3.05) is 6.61 Å². The quantitative estimate of drug-likeness (QED) is 0.579. The maximum atomic E-state index is 5.36. The van der Waals surface area contributed by atoms with Crippen LogP contribution in [0.1, 0.15) is 12.5 Å². The number of guanidine groups is 1. The number of aliphatic imine (C=N–C) groups is 1. The maximum absolute atomic E-state index is 5.36. The summed E-state index contributed by atoms with van der Waals surface area (Å²) in [4.78, 5) is 4.30. The van der Waals surface area contributed by atoms with Crippen molar-refractivity contribution in [2.45, 2.75) is 13.5 Å².